The second-order valence-corrected chi connectivity index (χ2v) is 16.9. The van der Waals surface area contributed by atoms with Gasteiger partial charge < -0.3 is 14.2 Å². The van der Waals surface area contributed by atoms with Gasteiger partial charge in [0, 0.05) is 19.3 Å². The predicted molar refractivity (Wildman–Crippen MR) is 288 cm³/mol. The topological polar surface area (TPSA) is 78.9 Å². The monoisotopic (exact) mass is 923 g/mol. The highest BCUT2D eigenvalue weighted by Crippen LogP contribution is 2.14. The van der Waals surface area contributed by atoms with E-state index in [0.717, 1.165) is 77.0 Å². The fraction of sp³-hybridized carbons (Fsp3) is 0.557. The zero-order chi connectivity index (χ0) is 48.6. The van der Waals surface area contributed by atoms with Crippen molar-refractivity contribution in [3.8, 4) is 0 Å². The number of unbranched alkanes of at least 4 members (excludes halogenated alkanes) is 16. The minimum atomic E-state index is -0.841. The first-order chi connectivity index (χ1) is 33.0. The molecule has 0 aliphatic heterocycles. The van der Waals surface area contributed by atoms with Crippen LogP contribution >= 0.6 is 0 Å². The summed E-state index contributed by atoms with van der Waals surface area (Å²) in [6.45, 7) is 6.26. The SMILES string of the molecule is CC\C=C/C=C\C=C/C=C\C=C\C=C/C=C\CCCCCC(=O)OCC(COC(=O)CCCCCCCCCCCCCCCC)OC(=O)CC/C=C\C/C=C\C/C=C\C/C=C\C/C=C\CC. The summed E-state index contributed by atoms with van der Waals surface area (Å²) in [4.78, 5) is 38.0. The van der Waals surface area contributed by atoms with Gasteiger partial charge in [0.1, 0.15) is 13.2 Å². The van der Waals surface area contributed by atoms with Gasteiger partial charge in [-0.15, -0.1) is 0 Å². The summed E-state index contributed by atoms with van der Waals surface area (Å²) in [5.74, 6) is -1.07. The Hall–Kier alpha value is -4.71. The summed E-state index contributed by atoms with van der Waals surface area (Å²) in [6.07, 6.45) is 76.9. The van der Waals surface area contributed by atoms with Crippen molar-refractivity contribution in [1.82, 2.24) is 0 Å². The first-order valence-electron chi connectivity index (χ1n) is 26.4. The second kappa shape index (κ2) is 53.9. The van der Waals surface area contributed by atoms with Crippen LogP contribution in [0.25, 0.3) is 0 Å². The molecule has 67 heavy (non-hydrogen) atoms. The standard InChI is InChI=1S/C61H94O6/c1-4-7-10-13-16-19-22-25-28-30-31-32-34-36-39-42-45-48-51-54-60(63)66-57-58(56-65-59(62)53-50-47-44-41-38-35-27-24-21-18-15-12-9-6-3)67-61(64)55-52-49-46-43-40-37-33-29-26-23-20-17-14-11-8-5-2/h7-8,10-11,13,16-17,19-20,22,25-26,28-32,34,36-37,39-40,46,49,58H,4-6,9,12,14-15,18,21,23-24,27,33,35,38,41-45,47-48,50-57H2,1-3H3/b10-7-,11-8-,16-13-,20-17-,22-19-,28-25-,29-26-,31-30+,34-32-,39-36-,40-37-,49-46-. The maximum Gasteiger partial charge on any atom is 0.306 e. The fourth-order valence-electron chi connectivity index (χ4n) is 6.65. The van der Waals surface area contributed by atoms with E-state index >= 15 is 0 Å². The number of rotatable bonds is 45. The summed E-state index contributed by atoms with van der Waals surface area (Å²) >= 11 is 0. The summed E-state index contributed by atoms with van der Waals surface area (Å²) in [5, 5.41) is 0. The highest BCUT2D eigenvalue weighted by molar-refractivity contribution is 5.71. The Balaban J connectivity index is 4.62. The van der Waals surface area contributed by atoms with Crippen molar-refractivity contribution in [2.75, 3.05) is 13.2 Å². The molecule has 1 atom stereocenters. The van der Waals surface area contributed by atoms with Gasteiger partial charge in [0.2, 0.25) is 0 Å². The van der Waals surface area contributed by atoms with E-state index in [1.54, 1.807) is 0 Å². The number of hydrogen-bond donors (Lipinski definition) is 0. The molecular weight excluding hydrogens is 829 g/mol. The molecule has 0 rings (SSSR count). The molecule has 0 fully saturated rings. The van der Waals surface area contributed by atoms with Gasteiger partial charge in [0.15, 0.2) is 6.10 Å². The lowest BCUT2D eigenvalue weighted by Gasteiger charge is -2.18. The molecule has 0 heterocycles. The van der Waals surface area contributed by atoms with Gasteiger partial charge >= 0.3 is 17.9 Å². The molecule has 0 aromatic rings. The maximum atomic E-state index is 12.8. The van der Waals surface area contributed by atoms with Crippen LogP contribution in [-0.2, 0) is 28.6 Å². The quantitative estimate of drug-likeness (QED) is 0.0199. The molecule has 374 valence electrons. The molecule has 1 unspecified atom stereocenters. The van der Waals surface area contributed by atoms with Crippen molar-refractivity contribution in [2.45, 2.75) is 207 Å². The molecule has 0 N–H and O–H groups in total. The van der Waals surface area contributed by atoms with Crippen LogP contribution in [0.4, 0.5) is 0 Å². The van der Waals surface area contributed by atoms with Crippen LogP contribution in [0, 0.1) is 0 Å². The van der Waals surface area contributed by atoms with Gasteiger partial charge in [-0.1, -0.05) is 256 Å². The summed E-state index contributed by atoms with van der Waals surface area (Å²) < 4.78 is 16.7. The number of hydrogen-bond acceptors (Lipinski definition) is 6. The lowest BCUT2D eigenvalue weighted by Crippen LogP contribution is -2.30. The number of carbonyl (C=O) groups excluding carboxylic acids is 3. The zero-order valence-corrected chi connectivity index (χ0v) is 42.6. The van der Waals surface area contributed by atoms with Crippen LogP contribution in [0.3, 0.4) is 0 Å². The molecule has 0 saturated heterocycles. The third-order valence-electron chi connectivity index (χ3n) is 10.5. The number of allylic oxidation sites excluding steroid dienone is 24. The van der Waals surface area contributed by atoms with Crippen molar-refractivity contribution in [3.63, 3.8) is 0 Å². The van der Waals surface area contributed by atoms with Crippen molar-refractivity contribution >= 4 is 17.9 Å². The van der Waals surface area contributed by atoms with Gasteiger partial charge in [0.05, 0.1) is 0 Å². The second-order valence-electron chi connectivity index (χ2n) is 16.9. The van der Waals surface area contributed by atoms with Crippen molar-refractivity contribution in [3.05, 3.63) is 146 Å². The third-order valence-corrected chi connectivity index (χ3v) is 10.5. The summed E-state index contributed by atoms with van der Waals surface area (Å²) in [5.41, 5.74) is 0. The Morgan fingerprint density at radius 3 is 1.12 bits per heavy atom. The Morgan fingerprint density at radius 1 is 0.328 bits per heavy atom. The van der Waals surface area contributed by atoms with Crippen LogP contribution in [0.2, 0.25) is 0 Å². The van der Waals surface area contributed by atoms with Crippen molar-refractivity contribution in [1.29, 1.82) is 0 Å². The molecule has 0 aliphatic carbocycles. The van der Waals surface area contributed by atoms with Gasteiger partial charge in [-0.25, -0.2) is 0 Å². The fourth-order valence-corrected chi connectivity index (χ4v) is 6.65. The zero-order valence-electron chi connectivity index (χ0n) is 42.6. The van der Waals surface area contributed by atoms with E-state index in [9.17, 15) is 14.4 Å². The number of ether oxygens (including phenoxy) is 3. The molecule has 6 heteroatoms. The van der Waals surface area contributed by atoms with Crippen LogP contribution in [0.15, 0.2) is 146 Å². The Bertz CT molecular complexity index is 1530. The molecule has 0 radical (unpaired) electrons. The van der Waals surface area contributed by atoms with E-state index in [0.29, 0.717) is 19.3 Å². The Morgan fingerprint density at radius 2 is 0.687 bits per heavy atom. The molecular formula is C61H94O6. The predicted octanol–water partition coefficient (Wildman–Crippen LogP) is 17.6. The van der Waals surface area contributed by atoms with Gasteiger partial charge in [-0.2, -0.15) is 0 Å². The number of esters is 3. The van der Waals surface area contributed by atoms with Crippen molar-refractivity contribution in [2.24, 2.45) is 0 Å². The van der Waals surface area contributed by atoms with Gasteiger partial charge in [-0.3, -0.25) is 14.4 Å². The molecule has 6 nitrogen and oxygen atoms in total. The van der Waals surface area contributed by atoms with E-state index in [2.05, 4.69) is 81.5 Å². The van der Waals surface area contributed by atoms with Crippen molar-refractivity contribution < 1.29 is 28.6 Å². The first-order valence-corrected chi connectivity index (χ1v) is 26.4. The highest BCUT2D eigenvalue weighted by Gasteiger charge is 2.19. The molecule has 0 spiro atoms. The first kappa shape index (κ1) is 62.3. The molecule has 0 aromatic heterocycles. The van der Waals surface area contributed by atoms with Crippen LogP contribution in [-0.4, -0.2) is 37.2 Å². The number of carbonyl (C=O) groups is 3. The van der Waals surface area contributed by atoms with E-state index in [1.807, 2.05) is 85.1 Å². The molecule has 0 bridgehead atoms. The maximum absolute atomic E-state index is 12.8. The van der Waals surface area contributed by atoms with E-state index in [-0.39, 0.29) is 38.0 Å². The third kappa shape index (κ3) is 52.1. The van der Waals surface area contributed by atoms with Gasteiger partial charge in [-0.05, 0) is 70.6 Å². The average molecular weight is 923 g/mol. The van der Waals surface area contributed by atoms with Gasteiger partial charge in [0.25, 0.3) is 0 Å². The molecule has 0 saturated carbocycles. The summed E-state index contributed by atoms with van der Waals surface area (Å²) in [7, 11) is 0. The lowest BCUT2D eigenvalue weighted by molar-refractivity contribution is -0.166. The largest absolute Gasteiger partial charge is 0.462 e. The van der Waals surface area contributed by atoms with E-state index in [1.165, 1.54) is 70.6 Å². The molecule has 0 aliphatic rings. The smallest absolute Gasteiger partial charge is 0.306 e. The Labute approximate surface area is 410 Å². The highest BCUT2D eigenvalue weighted by atomic mass is 16.6. The minimum absolute atomic E-state index is 0.127. The molecule has 0 aromatic carbocycles. The van der Waals surface area contributed by atoms with Crippen LogP contribution in [0.5, 0.6) is 0 Å². The van der Waals surface area contributed by atoms with Crippen LogP contribution in [0.1, 0.15) is 201 Å². The lowest BCUT2D eigenvalue weighted by atomic mass is 10.0. The summed E-state index contributed by atoms with van der Waals surface area (Å²) in [6, 6.07) is 0. The van der Waals surface area contributed by atoms with E-state index < -0.39 is 12.1 Å². The van der Waals surface area contributed by atoms with Crippen LogP contribution < -0.4 is 0 Å². The minimum Gasteiger partial charge on any atom is -0.462 e. The Kier molecular flexibility index (Phi) is 50.1. The average Bonchev–Trinajstić information content (AvgIpc) is 3.33. The van der Waals surface area contributed by atoms with E-state index in [4.69, 9.17) is 14.2 Å². The molecule has 0 amide bonds. The normalized spacial score (nSPS) is 13.3.